The lowest BCUT2D eigenvalue weighted by molar-refractivity contribution is 0.0681. The number of nitrogens with two attached hydrogens (primary N) is 1. The minimum Gasteiger partial charge on any atom is -0.496 e. The Bertz CT molecular complexity index is 1700. The lowest BCUT2D eigenvalue weighted by Gasteiger charge is -2.36. The molecule has 1 fully saturated rings. The van der Waals surface area contributed by atoms with Crippen molar-refractivity contribution in [3.8, 4) is 17.0 Å². The number of anilines is 2. The number of nitrogens with one attached hydrogen (secondary N) is 1. The van der Waals surface area contributed by atoms with Crippen molar-refractivity contribution >= 4 is 34.9 Å². The van der Waals surface area contributed by atoms with Crippen molar-refractivity contribution in [1.82, 2.24) is 14.9 Å². The number of likely N-dealkylation sites (tertiary alicyclic amines) is 1. The van der Waals surface area contributed by atoms with E-state index >= 15 is 4.39 Å². The predicted octanol–water partition coefficient (Wildman–Crippen LogP) is 5.99. The zero-order chi connectivity index (χ0) is 29.4. The van der Waals surface area contributed by atoms with Gasteiger partial charge in [-0.3, -0.25) is 9.79 Å². The van der Waals surface area contributed by atoms with Gasteiger partial charge >= 0.3 is 0 Å². The fraction of sp³-hybridized carbons (Fsp3) is 0.250. The molecule has 2 aliphatic heterocycles. The Morgan fingerprint density at radius 2 is 1.86 bits per heavy atom. The smallest absolute Gasteiger partial charge is 0.253 e. The minimum atomic E-state index is -0.446. The van der Waals surface area contributed by atoms with Gasteiger partial charge in [0.1, 0.15) is 11.6 Å². The molecule has 42 heavy (non-hydrogen) atoms. The number of ether oxygens (including phenoxy) is 1. The Kier molecular flexibility index (Phi) is 7.38. The van der Waals surface area contributed by atoms with E-state index in [2.05, 4.69) is 10.3 Å². The average Bonchev–Trinajstić information content (AvgIpc) is 3.13. The van der Waals surface area contributed by atoms with Crippen LogP contribution in [-0.2, 0) is 6.54 Å². The van der Waals surface area contributed by atoms with Crippen LogP contribution in [0.25, 0.3) is 11.3 Å². The number of benzene rings is 3. The van der Waals surface area contributed by atoms with Crippen LogP contribution >= 0.6 is 11.6 Å². The fourth-order valence-corrected chi connectivity index (χ4v) is 5.50. The second kappa shape index (κ2) is 11.2. The van der Waals surface area contributed by atoms with Gasteiger partial charge in [-0.05, 0) is 68.3 Å². The number of fused-ring (bicyclic) bond motifs is 3. The van der Waals surface area contributed by atoms with Crippen LogP contribution in [0.4, 0.5) is 16.0 Å². The highest BCUT2D eigenvalue weighted by Crippen LogP contribution is 2.36. The summed E-state index contributed by atoms with van der Waals surface area (Å²) in [6.07, 6.45) is 3.28. The average molecular weight is 585 g/mol. The Balaban J connectivity index is 1.28. The summed E-state index contributed by atoms with van der Waals surface area (Å²) < 4.78 is 20.6. The number of halogens is 2. The first-order chi connectivity index (χ1) is 20.2. The highest BCUT2D eigenvalue weighted by atomic mass is 35.5. The molecule has 2 aliphatic rings. The molecule has 0 unspecified atom stereocenters. The molecule has 0 radical (unpaired) electrons. The first-order valence-electron chi connectivity index (χ1n) is 13.7. The van der Waals surface area contributed by atoms with E-state index in [4.69, 9.17) is 32.0 Å². The molecule has 8 nitrogen and oxygen atoms in total. The molecule has 1 saturated heterocycles. The number of hydrogen-bond acceptors (Lipinski definition) is 7. The zero-order valence-corrected chi connectivity index (χ0v) is 24.1. The van der Waals surface area contributed by atoms with Crippen molar-refractivity contribution in [1.29, 1.82) is 0 Å². The molecule has 6 rings (SSSR count). The summed E-state index contributed by atoms with van der Waals surface area (Å²) in [5.41, 5.74) is 10.9. The highest BCUT2D eigenvalue weighted by Gasteiger charge is 2.29. The van der Waals surface area contributed by atoms with Crippen LogP contribution in [0.3, 0.4) is 0 Å². The normalized spacial score (nSPS) is 15.6. The number of amides is 1. The largest absolute Gasteiger partial charge is 0.496 e. The van der Waals surface area contributed by atoms with Crippen LogP contribution in [0.2, 0.25) is 5.02 Å². The van der Waals surface area contributed by atoms with Crippen LogP contribution in [-0.4, -0.2) is 52.2 Å². The maximum Gasteiger partial charge on any atom is 0.253 e. The van der Waals surface area contributed by atoms with Crippen molar-refractivity contribution < 1.29 is 13.9 Å². The van der Waals surface area contributed by atoms with E-state index in [1.54, 1.807) is 42.6 Å². The number of rotatable bonds is 5. The monoisotopic (exact) mass is 584 g/mol. The number of carbonyl (C=O) groups excluding carboxylic acids is 1. The summed E-state index contributed by atoms with van der Waals surface area (Å²) in [4.78, 5) is 28.9. The number of nitrogens with zero attached hydrogens (tertiary/aromatic N) is 4. The summed E-state index contributed by atoms with van der Waals surface area (Å²) in [6.45, 7) is 3.57. The Morgan fingerprint density at radius 3 is 2.60 bits per heavy atom. The molecule has 10 heteroatoms. The molecule has 3 N–H and O–H groups in total. The van der Waals surface area contributed by atoms with E-state index in [9.17, 15) is 4.79 Å². The third kappa shape index (κ3) is 5.45. The Morgan fingerprint density at radius 1 is 1.10 bits per heavy atom. The molecule has 0 spiro atoms. The van der Waals surface area contributed by atoms with Gasteiger partial charge in [0.25, 0.3) is 5.91 Å². The highest BCUT2D eigenvalue weighted by molar-refractivity contribution is 6.31. The molecule has 1 aromatic heterocycles. The van der Waals surface area contributed by atoms with Crippen molar-refractivity contribution in [3.63, 3.8) is 0 Å². The number of aliphatic imine (C=N–C) groups is 1. The molecule has 0 aliphatic carbocycles. The van der Waals surface area contributed by atoms with Gasteiger partial charge in [-0.15, -0.1) is 0 Å². The number of hydrogen-bond donors (Lipinski definition) is 2. The molecular weight excluding hydrogens is 555 g/mol. The molecular formula is C32H30ClFN6O2. The summed E-state index contributed by atoms with van der Waals surface area (Å²) in [6, 6.07) is 17.3. The third-order valence-electron chi connectivity index (χ3n) is 7.78. The van der Waals surface area contributed by atoms with Crippen LogP contribution in [0, 0.1) is 5.82 Å². The zero-order valence-electron chi connectivity index (χ0n) is 23.3. The summed E-state index contributed by atoms with van der Waals surface area (Å²) in [5.74, 6) is 0.299. The second-order valence-electron chi connectivity index (χ2n) is 10.9. The van der Waals surface area contributed by atoms with E-state index in [1.807, 2.05) is 30.0 Å². The van der Waals surface area contributed by atoms with E-state index in [1.165, 1.54) is 13.2 Å². The molecule has 0 bridgehead atoms. The van der Waals surface area contributed by atoms with Gasteiger partial charge in [0.15, 0.2) is 0 Å². The summed E-state index contributed by atoms with van der Waals surface area (Å²) in [5, 5.41) is 3.73. The number of methoxy groups -OCH3 is 1. The first-order valence-corrected chi connectivity index (χ1v) is 14.1. The Labute approximate surface area is 248 Å². The van der Waals surface area contributed by atoms with Gasteiger partial charge < -0.3 is 20.7 Å². The topological polar surface area (TPSA) is 106 Å². The minimum absolute atomic E-state index is 0.00381. The molecule has 4 aromatic rings. The van der Waals surface area contributed by atoms with Crippen LogP contribution < -0.4 is 15.8 Å². The van der Waals surface area contributed by atoms with Gasteiger partial charge in [-0.2, -0.15) is 0 Å². The van der Waals surface area contributed by atoms with Crippen molar-refractivity contribution in [2.45, 2.75) is 31.8 Å². The van der Waals surface area contributed by atoms with Gasteiger partial charge in [-0.1, -0.05) is 23.7 Å². The maximum absolute atomic E-state index is 15.1. The van der Waals surface area contributed by atoms with Crippen molar-refractivity contribution in [2.75, 3.05) is 25.5 Å². The third-order valence-corrected chi connectivity index (χ3v) is 8.01. The molecule has 0 atom stereocenters. The number of carbonyl (C=O) groups is 1. The second-order valence-corrected chi connectivity index (χ2v) is 11.3. The summed E-state index contributed by atoms with van der Waals surface area (Å²) in [7, 11) is 1.50. The van der Waals surface area contributed by atoms with Gasteiger partial charge in [0, 0.05) is 57.8 Å². The fourth-order valence-electron chi connectivity index (χ4n) is 5.33. The quantitative estimate of drug-likeness (QED) is 0.298. The number of aromatic nitrogens is 2. The van der Waals surface area contributed by atoms with Crippen molar-refractivity contribution in [3.05, 3.63) is 100.0 Å². The standard InChI is InChI=1S/C32H30ClFN6O2/c1-32(35)12-14-40(15-13-32)30(41)19-6-9-22(10-7-19)38-31-37-18-20-17-36-29(27-25(34)4-3-5-26(27)42-2)24-16-21(33)8-11-23(24)28(20)39-31/h3-11,16,18H,12-15,17,35H2,1-2H3,(H,37,38,39). The molecule has 1 amide bonds. The van der Waals surface area contributed by atoms with E-state index in [0.717, 1.165) is 29.7 Å². The summed E-state index contributed by atoms with van der Waals surface area (Å²) >= 11 is 6.40. The maximum atomic E-state index is 15.1. The lowest BCUT2D eigenvalue weighted by atomic mass is 9.91. The van der Waals surface area contributed by atoms with Gasteiger partial charge in [0.05, 0.1) is 30.6 Å². The lowest BCUT2D eigenvalue weighted by Crippen LogP contribution is -2.49. The predicted molar refractivity (Wildman–Crippen MR) is 162 cm³/mol. The molecule has 3 aromatic carbocycles. The Hall–Kier alpha value is -4.34. The van der Waals surface area contributed by atoms with Gasteiger partial charge in [-0.25, -0.2) is 14.4 Å². The molecule has 214 valence electrons. The van der Waals surface area contributed by atoms with E-state index in [-0.39, 0.29) is 23.6 Å². The SMILES string of the molecule is COc1cccc(F)c1C1=NCc2cnc(Nc3ccc(C(=O)N4CCC(C)(N)CC4)cc3)nc2-c2ccc(Cl)cc21. The number of piperidine rings is 1. The molecule has 3 heterocycles. The van der Waals surface area contributed by atoms with Crippen LogP contribution in [0.1, 0.15) is 46.8 Å². The van der Waals surface area contributed by atoms with Crippen molar-refractivity contribution in [2.24, 2.45) is 10.7 Å². The first kappa shape index (κ1) is 27.8. The molecule has 0 saturated carbocycles. The van der Waals surface area contributed by atoms with Crippen LogP contribution in [0.5, 0.6) is 5.75 Å². The van der Waals surface area contributed by atoms with Gasteiger partial charge in [0.2, 0.25) is 5.95 Å². The van der Waals surface area contributed by atoms with E-state index < -0.39 is 5.82 Å². The van der Waals surface area contributed by atoms with Crippen LogP contribution in [0.15, 0.2) is 71.9 Å². The van der Waals surface area contributed by atoms with E-state index in [0.29, 0.717) is 52.3 Å².